The Bertz CT molecular complexity index is 1160. The SMILES string of the molecule is O=C(Oc1ccc(C=Nc2ccccc2Cl)cc1)c1cccc2ccccc12. The lowest BCUT2D eigenvalue weighted by atomic mass is 10.0. The Labute approximate surface area is 167 Å². The van der Waals surface area contributed by atoms with Crippen molar-refractivity contribution in [3.8, 4) is 5.75 Å². The third-order valence-electron chi connectivity index (χ3n) is 4.31. The summed E-state index contributed by atoms with van der Waals surface area (Å²) >= 11 is 6.10. The molecule has 0 spiro atoms. The van der Waals surface area contributed by atoms with Crippen molar-refractivity contribution >= 4 is 40.2 Å². The molecule has 0 aliphatic rings. The van der Waals surface area contributed by atoms with Gasteiger partial charge in [0.1, 0.15) is 5.75 Å². The molecule has 0 aromatic heterocycles. The first kappa shape index (κ1) is 18.0. The van der Waals surface area contributed by atoms with Crippen molar-refractivity contribution in [2.75, 3.05) is 0 Å². The van der Waals surface area contributed by atoms with Crippen LogP contribution in [-0.2, 0) is 0 Å². The summed E-state index contributed by atoms with van der Waals surface area (Å²) in [5.41, 5.74) is 2.13. The first-order valence-electron chi connectivity index (χ1n) is 8.79. The monoisotopic (exact) mass is 385 g/mol. The number of fused-ring (bicyclic) bond motifs is 1. The first-order valence-corrected chi connectivity index (χ1v) is 9.17. The molecular weight excluding hydrogens is 370 g/mol. The summed E-state index contributed by atoms with van der Waals surface area (Å²) < 4.78 is 5.54. The number of esters is 1. The Hall–Kier alpha value is -3.43. The van der Waals surface area contributed by atoms with E-state index in [1.54, 1.807) is 30.5 Å². The Morgan fingerprint density at radius 3 is 2.36 bits per heavy atom. The average Bonchev–Trinajstić information content (AvgIpc) is 2.74. The van der Waals surface area contributed by atoms with Crippen LogP contribution in [0.3, 0.4) is 0 Å². The number of nitrogens with zero attached hydrogens (tertiary/aromatic N) is 1. The predicted molar refractivity (Wildman–Crippen MR) is 114 cm³/mol. The maximum Gasteiger partial charge on any atom is 0.344 e. The summed E-state index contributed by atoms with van der Waals surface area (Å²) in [5, 5.41) is 2.47. The molecule has 3 nitrogen and oxygen atoms in total. The zero-order chi connectivity index (χ0) is 19.3. The van der Waals surface area contributed by atoms with E-state index in [1.807, 2.05) is 66.7 Å². The highest BCUT2D eigenvalue weighted by Crippen LogP contribution is 2.24. The molecule has 0 heterocycles. The number of benzene rings is 4. The third-order valence-corrected chi connectivity index (χ3v) is 4.62. The van der Waals surface area contributed by atoms with E-state index in [0.29, 0.717) is 22.0 Å². The molecule has 0 aliphatic heterocycles. The molecular formula is C24H16ClNO2. The maximum atomic E-state index is 12.6. The minimum Gasteiger partial charge on any atom is -0.423 e. The maximum absolute atomic E-state index is 12.6. The second kappa shape index (κ2) is 8.07. The highest BCUT2D eigenvalue weighted by molar-refractivity contribution is 6.33. The van der Waals surface area contributed by atoms with Gasteiger partial charge in [0.2, 0.25) is 0 Å². The second-order valence-electron chi connectivity index (χ2n) is 6.19. The third kappa shape index (κ3) is 3.95. The van der Waals surface area contributed by atoms with E-state index in [0.717, 1.165) is 16.3 Å². The van der Waals surface area contributed by atoms with Crippen molar-refractivity contribution in [3.63, 3.8) is 0 Å². The van der Waals surface area contributed by atoms with Crippen molar-refractivity contribution in [2.45, 2.75) is 0 Å². The highest BCUT2D eigenvalue weighted by atomic mass is 35.5. The van der Waals surface area contributed by atoms with Crippen molar-refractivity contribution in [1.29, 1.82) is 0 Å². The van der Waals surface area contributed by atoms with E-state index in [1.165, 1.54) is 0 Å². The van der Waals surface area contributed by atoms with Gasteiger partial charge >= 0.3 is 5.97 Å². The van der Waals surface area contributed by atoms with Crippen LogP contribution in [0.4, 0.5) is 5.69 Å². The van der Waals surface area contributed by atoms with E-state index in [4.69, 9.17) is 16.3 Å². The van der Waals surface area contributed by atoms with Crippen LogP contribution < -0.4 is 4.74 Å². The van der Waals surface area contributed by atoms with Crippen molar-refractivity contribution in [2.24, 2.45) is 4.99 Å². The molecule has 0 saturated carbocycles. The molecule has 0 saturated heterocycles. The Balaban J connectivity index is 1.50. The van der Waals surface area contributed by atoms with Crippen LogP contribution in [0.5, 0.6) is 5.75 Å². The van der Waals surface area contributed by atoms with Gasteiger partial charge in [0.25, 0.3) is 0 Å². The number of halogens is 1. The zero-order valence-corrected chi connectivity index (χ0v) is 15.6. The molecule has 0 N–H and O–H groups in total. The minimum atomic E-state index is -0.380. The average molecular weight is 386 g/mol. The number of hydrogen-bond donors (Lipinski definition) is 0. The highest BCUT2D eigenvalue weighted by Gasteiger charge is 2.12. The smallest absolute Gasteiger partial charge is 0.344 e. The summed E-state index contributed by atoms with van der Waals surface area (Å²) in [6, 6.07) is 27.9. The molecule has 28 heavy (non-hydrogen) atoms. The molecule has 4 aromatic rings. The van der Waals surface area contributed by atoms with Crippen LogP contribution in [0.15, 0.2) is 96.0 Å². The molecule has 0 unspecified atom stereocenters. The van der Waals surface area contributed by atoms with E-state index >= 15 is 0 Å². The van der Waals surface area contributed by atoms with Crippen LogP contribution >= 0.6 is 11.6 Å². The van der Waals surface area contributed by atoms with Gasteiger partial charge in [-0.2, -0.15) is 0 Å². The Morgan fingerprint density at radius 1 is 0.821 bits per heavy atom. The van der Waals surface area contributed by atoms with Gasteiger partial charge in [-0.3, -0.25) is 4.99 Å². The number of para-hydroxylation sites is 1. The van der Waals surface area contributed by atoms with Gasteiger partial charge < -0.3 is 4.74 Å². The van der Waals surface area contributed by atoms with Crippen molar-refractivity contribution in [3.05, 3.63) is 107 Å². The number of carbonyl (C=O) groups excluding carboxylic acids is 1. The molecule has 0 fully saturated rings. The lowest BCUT2D eigenvalue weighted by molar-refractivity contribution is 0.0737. The van der Waals surface area contributed by atoms with Gasteiger partial charge in [0.15, 0.2) is 0 Å². The van der Waals surface area contributed by atoms with Gasteiger partial charge in [0.05, 0.1) is 16.3 Å². The molecule has 0 bridgehead atoms. The van der Waals surface area contributed by atoms with Crippen LogP contribution in [0, 0.1) is 0 Å². The molecule has 4 aromatic carbocycles. The molecule has 0 radical (unpaired) electrons. The first-order chi connectivity index (χ1) is 13.7. The lowest BCUT2D eigenvalue weighted by Gasteiger charge is -2.07. The number of rotatable bonds is 4. The van der Waals surface area contributed by atoms with E-state index in [2.05, 4.69) is 4.99 Å². The molecule has 136 valence electrons. The lowest BCUT2D eigenvalue weighted by Crippen LogP contribution is -2.09. The molecule has 4 heteroatoms. The fourth-order valence-electron chi connectivity index (χ4n) is 2.89. The van der Waals surface area contributed by atoms with Crippen LogP contribution in [0.1, 0.15) is 15.9 Å². The number of hydrogen-bond acceptors (Lipinski definition) is 3. The number of carbonyl (C=O) groups is 1. The summed E-state index contributed by atoms with van der Waals surface area (Å²) in [6.45, 7) is 0. The van der Waals surface area contributed by atoms with E-state index in [9.17, 15) is 4.79 Å². The van der Waals surface area contributed by atoms with Crippen molar-refractivity contribution in [1.82, 2.24) is 0 Å². The molecule has 4 rings (SSSR count). The number of ether oxygens (including phenoxy) is 1. The summed E-state index contributed by atoms with van der Waals surface area (Å²) in [7, 11) is 0. The number of aliphatic imine (C=N–C) groups is 1. The quantitative estimate of drug-likeness (QED) is 0.229. The van der Waals surface area contributed by atoms with Crippen molar-refractivity contribution < 1.29 is 9.53 Å². The molecule has 0 amide bonds. The minimum absolute atomic E-state index is 0.380. The zero-order valence-electron chi connectivity index (χ0n) is 14.9. The fraction of sp³-hybridized carbons (Fsp3) is 0. The van der Waals surface area contributed by atoms with Crippen LogP contribution in [0.25, 0.3) is 10.8 Å². The summed E-state index contributed by atoms with van der Waals surface area (Å²) in [6.07, 6.45) is 1.72. The second-order valence-corrected chi connectivity index (χ2v) is 6.60. The summed E-state index contributed by atoms with van der Waals surface area (Å²) in [4.78, 5) is 17.0. The van der Waals surface area contributed by atoms with Crippen LogP contribution in [0.2, 0.25) is 5.02 Å². The normalized spacial score (nSPS) is 11.0. The standard InChI is InChI=1S/C24H16ClNO2/c25-22-10-3-4-11-23(22)26-16-17-12-14-19(15-13-17)28-24(27)21-9-5-7-18-6-1-2-8-20(18)21/h1-16H. The van der Waals surface area contributed by atoms with E-state index < -0.39 is 0 Å². The molecule has 0 aliphatic carbocycles. The van der Waals surface area contributed by atoms with Gasteiger partial charge in [-0.25, -0.2) is 4.79 Å². The van der Waals surface area contributed by atoms with Gasteiger partial charge in [0, 0.05) is 6.21 Å². The van der Waals surface area contributed by atoms with Gasteiger partial charge in [-0.1, -0.05) is 60.1 Å². The van der Waals surface area contributed by atoms with Crippen LogP contribution in [-0.4, -0.2) is 12.2 Å². The Kier molecular flexibility index (Phi) is 5.18. The topological polar surface area (TPSA) is 38.7 Å². The molecule has 0 atom stereocenters. The predicted octanol–water partition coefficient (Wildman–Crippen LogP) is 6.46. The Morgan fingerprint density at radius 2 is 1.54 bits per heavy atom. The van der Waals surface area contributed by atoms with Gasteiger partial charge in [-0.05, 0) is 58.8 Å². The van der Waals surface area contributed by atoms with Gasteiger partial charge in [-0.15, -0.1) is 0 Å². The summed E-state index contributed by atoms with van der Waals surface area (Å²) in [5.74, 6) is 0.0992. The van der Waals surface area contributed by atoms with E-state index in [-0.39, 0.29) is 5.97 Å². The largest absolute Gasteiger partial charge is 0.423 e. The fourth-order valence-corrected chi connectivity index (χ4v) is 3.07.